The highest BCUT2D eigenvalue weighted by molar-refractivity contribution is 7.98. The lowest BCUT2D eigenvalue weighted by Gasteiger charge is -2.26. The second-order valence-corrected chi connectivity index (χ2v) is 7.57. The van der Waals surface area contributed by atoms with E-state index in [4.69, 9.17) is 0 Å². The van der Waals surface area contributed by atoms with Gasteiger partial charge in [-0.15, -0.1) is 11.8 Å². The molecular weight excluding hydrogens is 308 g/mol. The van der Waals surface area contributed by atoms with E-state index < -0.39 is 0 Å². The van der Waals surface area contributed by atoms with Gasteiger partial charge in [0.2, 0.25) is 11.8 Å². The average Bonchev–Trinajstić information content (AvgIpc) is 3.17. The molecule has 0 heterocycles. The van der Waals surface area contributed by atoms with E-state index in [0.717, 1.165) is 22.9 Å². The Kier molecular flexibility index (Phi) is 4.95. The van der Waals surface area contributed by atoms with Gasteiger partial charge in [-0.1, -0.05) is 18.6 Å². The van der Waals surface area contributed by atoms with Crippen LogP contribution in [0, 0.1) is 17.8 Å². The Labute approximate surface area is 142 Å². The standard InChI is InChI=1S/C18H24N2O2S/c1-20(18(22)14-10-12-7-8-13(14)9-12)11-17(21)19-15-5-3-4-6-16(15)23-2/h3-6,12-14H,7-11H2,1-2H3,(H,19,21). The van der Waals surface area contributed by atoms with Crippen molar-refractivity contribution in [3.63, 3.8) is 0 Å². The fourth-order valence-electron chi connectivity index (χ4n) is 4.06. The SMILES string of the molecule is CSc1ccccc1NC(=O)CN(C)C(=O)C1CC2CCC1C2. The molecule has 2 saturated carbocycles. The lowest BCUT2D eigenvalue weighted by Crippen LogP contribution is -2.40. The van der Waals surface area contributed by atoms with Gasteiger partial charge in [-0.05, 0) is 49.5 Å². The number of thioether (sulfide) groups is 1. The summed E-state index contributed by atoms with van der Waals surface area (Å²) in [6.07, 6.45) is 6.67. The lowest BCUT2D eigenvalue weighted by molar-refractivity contribution is -0.138. The minimum Gasteiger partial charge on any atom is -0.336 e. The highest BCUT2D eigenvalue weighted by atomic mass is 32.2. The number of carbonyl (C=O) groups is 2. The molecule has 0 spiro atoms. The molecule has 2 bridgehead atoms. The first-order chi connectivity index (χ1) is 11.1. The van der Waals surface area contributed by atoms with Crippen molar-refractivity contribution in [3.05, 3.63) is 24.3 Å². The van der Waals surface area contributed by atoms with Crippen molar-refractivity contribution < 1.29 is 9.59 Å². The molecule has 2 amide bonds. The molecule has 1 aromatic carbocycles. The molecule has 3 atom stereocenters. The van der Waals surface area contributed by atoms with E-state index in [9.17, 15) is 9.59 Å². The van der Waals surface area contributed by atoms with Crippen LogP contribution in [-0.2, 0) is 9.59 Å². The van der Waals surface area contributed by atoms with E-state index in [1.807, 2.05) is 30.5 Å². The summed E-state index contributed by atoms with van der Waals surface area (Å²) in [6.45, 7) is 0.120. The number of nitrogens with zero attached hydrogens (tertiary/aromatic N) is 1. The summed E-state index contributed by atoms with van der Waals surface area (Å²) in [5.41, 5.74) is 0.811. The quantitative estimate of drug-likeness (QED) is 0.842. The summed E-state index contributed by atoms with van der Waals surface area (Å²) in [5.74, 6) is 1.45. The minimum atomic E-state index is -0.134. The number of hydrogen-bond acceptors (Lipinski definition) is 3. The average molecular weight is 332 g/mol. The largest absolute Gasteiger partial charge is 0.336 e. The van der Waals surface area contributed by atoms with E-state index in [1.54, 1.807) is 23.7 Å². The normalized spacial score (nSPS) is 25.4. The number of carbonyl (C=O) groups excluding carboxylic acids is 2. The van der Waals surface area contributed by atoms with Crippen molar-refractivity contribution in [1.29, 1.82) is 0 Å². The number of amides is 2. The van der Waals surface area contributed by atoms with Gasteiger partial charge in [0, 0.05) is 17.9 Å². The number of para-hydroxylation sites is 1. The molecule has 124 valence electrons. The smallest absolute Gasteiger partial charge is 0.244 e. The first-order valence-corrected chi connectivity index (χ1v) is 9.48. The second kappa shape index (κ2) is 6.95. The Morgan fingerprint density at radius 1 is 1.26 bits per heavy atom. The number of anilines is 1. The van der Waals surface area contributed by atoms with E-state index in [1.165, 1.54) is 19.3 Å². The van der Waals surface area contributed by atoms with Crippen LogP contribution in [0.3, 0.4) is 0 Å². The number of hydrogen-bond donors (Lipinski definition) is 1. The number of likely N-dealkylation sites (N-methyl/N-ethyl adjacent to an activating group) is 1. The summed E-state index contributed by atoms with van der Waals surface area (Å²) in [4.78, 5) is 27.5. The maximum atomic E-state index is 12.6. The van der Waals surface area contributed by atoms with Gasteiger partial charge in [-0.3, -0.25) is 9.59 Å². The molecule has 3 rings (SSSR count). The fraction of sp³-hybridized carbons (Fsp3) is 0.556. The predicted octanol–water partition coefficient (Wildman–Crippen LogP) is 3.24. The molecule has 4 nitrogen and oxygen atoms in total. The molecule has 0 aliphatic heterocycles. The molecule has 2 aliphatic rings. The van der Waals surface area contributed by atoms with E-state index in [0.29, 0.717) is 5.92 Å². The van der Waals surface area contributed by atoms with Crippen LogP contribution in [0.1, 0.15) is 25.7 Å². The summed E-state index contributed by atoms with van der Waals surface area (Å²) in [6, 6.07) is 7.72. The first kappa shape index (κ1) is 16.4. The lowest BCUT2D eigenvalue weighted by atomic mass is 9.88. The molecule has 3 unspecified atom stereocenters. The summed E-state index contributed by atoms with van der Waals surface area (Å²) in [7, 11) is 1.74. The molecule has 23 heavy (non-hydrogen) atoms. The highest BCUT2D eigenvalue weighted by Crippen LogP contribution is 2.48. The van der Waals surface area contributed by atoms with E-state index >= 15 is 0 Å². The maximum Gasteiger partial charge on any atom is 0.244 e. The van der Waals surface area contributed by atoms with Crippen LogP contribution in [0.15, 0.2) is 29.2 Å². The third kappa shape index (κ3) is 3.55. The predicted molar refractivity (Wildman–Crippen MR) is 93.4 cm³/mol. The zero-order valence-corrected chi connectivity index (χ0v) is 14.6. The topological polar surface area (TPSA) is 49.4 Å². The van der Waals surface area contributed by atoms with Crippen LogP contribution in [-0.4, -0.2) is 36.6 Å². The van der Waals surface area contributed by atoms with Crippen LogP contribution in [0.5, 0.6) is 0 Å². The summed E-state index contributed by atoms with van der Waals surface area (Å²) in [5, 5.41) is 2.92. The molecule has 2 aliphatic carbocycles. The van der Waals surface area contributed by atoms with Crippen LogP contribution < -0.4 is 5.32 Å². The zero-order chi connectivity index (χ0) is 16.4. The fourth-order valence-corrected chi connectivity index (χ4v) is 4.61. The monoisotopic (exact) mass is 332 g/mol. The Balaban J connectivity index is 1.56. The third-order valence-corrected chi connectivity index (χ3v) is 5.99. The second-order valence-electron chi connectivity index (χ2n) is 6.72. The highest BCUT2D eigenvalue weighted by Gasteiger charge is 2.44. The molecule has 5 heteroatoms. The van der Waals surface area contributed by atoms with Crippen molar-refractivity contribution in [2.75, 3.05) is 25.2 Å². The van der Waals surface area contributed by atoms with Crippen LogP contribution in [0.25, 0.3) is 0 Å². The summed E-state index contributed by atoms with van der Waals surface area (Å²) < 4.78 is 0. The molecular formula is C18H24N2O2S. The van der Waals surface area contributed by atoms with Crippen LogP contribution in [0.2, 0.25) is 0 Å². The van der Waals surface area contributed by atoms with Crippen LogP contribution in [0.4, 0.5) is 5.69 Å². The van der Waals surface area contributed by atoms with Crippen molar-refractivity contribution in [2.24, 2.45) is 17.8 Å². The zero-order valence-electron chi connectivity index (χ0n) is 13.7. The van der Waals surface area contributed by atoms with Gasteiger partial charge < -0.3 is 10.2 Å². The van der Waals surface area contributed by atoms with E-state index in [-0.39, 0.29) is 24.3 Å². The maximum absolute atomic E-state index is 12.6. The van der Waals surface area contributed by atoms with Gasteiger partial charge in [-0.25, -0.2) is 0 Å². The van der Waals surface area contributed by atoms with Gasteiger partial charge in [-0.2, -0.15) is 0 Å². The van der Waals surface area contributed by atoms with Crippen molar-refractivity contribution in [1.82, 2.24) is 4.90 Å². The van der Waals surface area contributed by atoms with Gasteiger partial charge in [0.25, 0.3) is 0 Å². The van der Waals surface area contributed by atoms with Gasteiger partial charge in [0.05, 0.1) is 12.2 Å². The molecule has 1 N–H and O–H groups in total. The first-order valence-electron chi connectivity index (χ1n) is 8.26. The Hall–Kier alpha value is -1.49. The summed E-state index contributed by atoms with van der Waals surface area (Å²) >= 11 is 1.60. The number of fused-ring (bicyclic) bond motifs is 2. The van der Waals surface area contributed by atoms with Crippen molar-refractivity contribution in [3.8, 4) is 0 Å². The van der Waals surface area contributed by atoms with Crippen molar-refractivity contribution >= 4 is 29.3 Å². The number of rotatable bonds is 5. The van der Waals surface area contributed by atoms with Gasteiger partial charge in [0.1, 0.15) is 0 Å². The number of benzene rings is 1. The Bertz CT molecular complexity index is 604. The number of nitrogens with one attached hydrogen (secondary N) is 1. The Morgan fingerprint density at radius 2 is 2.04 bits per heavy atom. The van der Waals surface area contributed by atoms with Gasteiger partial charge >= 0.3 is 0 Å². The molecule has 0 radical (unpaired) electrons. The van der Waals surface area contributed by atoms with Crippen LogP contribution >= 0.6 is 11.8 Å². The molecule has 2 fully saturated rings. The van der Waals surface area contributed by atoms with Crippen molar-refractivity contribution in [2.45, 2.75) is 30.6 Å². The third-order valence-electron chi connectivity index (χ3n) is 5.19. The van der Waals surface area contributed by atoms with Gasteiger partial charge in [0.15, 0.2) is 0 Å². The molecule has 0 aromatic heterocycles. The Morgan fingerprint density at radius 3 is 2.70 bits per heavy atom. The minimum absolute atomic E-state index is 0.120. The molecule has 0 saturated heterocycles. The molecule has 1 aromatic rings. The van der Waals surface area contributed by atoms with E-state index in [2.05, 4.69) is 5.32 Å².